The van der Waals surface area contributed by atoms with Crippen LogP contribution in [0, 0.1) is 0 Å². The summed E-state index contributed by atoms with van der Waals surface area (Å²) in [4.78, 5) is 11.8. The zero-order valence-electron chi connectivity index (χ0n) is 13.1. The maximum absolute atomic E-state index is 12.6. The molecule has 0 spiro atoms. The van der Waals surface area contributed by atoms with Crippen LogP contribution in [0.1, 0.15) is 32.3 Å². The van der Waals surface area contributed by atoms with Crippen LogP contribution in [0.15, 0.2) is 46.1 Å². The number of sulfone groups is 1. The molecular weight excluding hydrogens is 338 g/mol. The molecule has 1 heterocycles. The van der Waals surface area contributed by atoms with Gasteiger partial charge in [0, 0.05) is 16.4 Å². The highest BCUT2D eigenvalue weighted by Gasteiger charge is 2.39. The molecule has 0 aromatic heterocycles. The number of rotatable bonds is 4. The van der Waals surface area contributed by atoms with Crippen LogP contribution >= 0.6 is 11.6 Å². The van der Waals surface area contributed by atoms with Gasteiger partial charge in [-0.1, -0.05) is 36.7 Å². The van der Waals surface area contributed by atoms with Crippen molar-refractivity contribution in [3.05, 3.63) is 56.7 Å². The summed E-state index contributed by atoms with van der Waals surface area (Å²) in [6.07, 6.45) is 0. The molecule has 0 aliphatic carbocycles. The Morgan fingerprint density at radius 1 is 1.26 bits per heavy atom. The van der Waals surface area contributed by atoms with Gasteiger partial charge in [-0.15, -0.1) is 0 Å². The molecule has 0 amide bonds. The molecule has 0 bridgehead atoms. The molecule has 7 heteroatoms. The summed E-state index contributed by atoms with van der Waals surface area (Å²) in [5, 5.41) is 12.8. The fraction of sp³-hybridized carbons (Fsp3) is 0.312. The van der Waals surface area contributed by atoms with Crippen molar-refractivity contribution < 1.29 is 18.3 Å². The smallest absolute Gasteiger partial charge is 0.334 e. The van der Waals surface area contributed by atoms with Crippen molar-refractivity contribution >= 4 is 27.4 Å². The number of hydrogen-bond donors (Lipinski definition) is 2. The molecule has 124 valence electrons. The molecule has 5 nitrogen and oxygen atoms in total. The van der Waals surface area contributed by atoms with Gasteiger partial charge in [-0.2, -0.15) is 0 Å². The summed E-state index contributed by atoms with van der Waals surface area (Å²) in [5.74, 6) is -2.21. The van der Waals surface area contributed by atoms with Crippen molar-refractivity contribution in [3.8, 4) is 0 Å². The molecule has 0 saturated carbocycles. The lowest BCUT2D eigenvalue weighted by atomic mass is 9.86. The van der Waals surface area contributed by atoms with E-state index in [-0.39, 0.29) is 16.2 Å². The molecule has 1 aromatic carbocycles. The molecular formula is C16H18ClNO4S. The monoisotopic (exact) mass is 355 g/mol. The number of carboxylic acids is 1. The number of dihydropyridines is 1. The Morgan fingerprint density at radius 3 is 2.39 bits per heavy atom. The van der Waals surface area contributed by atoms with Crippen LogP contribution in [0.2, 0.25) is 5.02 Å². The summed E-state index contributed by atoms with van der Waals surface area (Å²) in [6, 6.07) is 6.71. The van der Waals surface area contributed by atoms with Gasteiger partial charge in [-0.25, -0.2) is 13.2 Å². The third-order valence-electron chi connectivity index (χ3n) is 3.86. The van der Waals surface area contributed by atoms with E-state index in [0.29, 0.717) is 22.0 Å². The SMILES string of the molecule is CCS(=O)(=O)C1=C(C)NC(C)=C(C(=O)O)C1c1ccccc1Cl. The van der Waals surface area contributed by atoms with Crippen LogP contribution in [0.3, 0.4) is 0 Å². The Morgan fingerprint density at radius 2 is 1.87 bits per heavy atom. The number of halogens is 1. The number of aliphatic carboxylic acids is 1. The van der Waals surface area contributed by atoms with Crippen molar-refractivity contribution in [2.45, 2.75) is 26.7 Å². The highest BCUT2D eigenvalue weighted by molar-refractivity contribution is 7.95. The Balaban J connectivity index is 2.82. The Labute approximate surface area is 140 Å². The number of carboxylic acid groups (broad SMARTS) is 1. The molecule has 1 atom stereocenters. The standard InChI is InChI=1S/C16H18ClNO4S/c1-4-23(21,22)15-10(3)18-9(2)13(16(19)20)14(15)11-7-5-6-8-12(11)17/h5-8,14,18H,4H2,1-3H3,(H,19,20). The first-order valence-electron chi connectivity index (χ1n) is 7.09. The second-order valence-corrected chi connectivity index (χ2v) is 7.97. The number of nitrogens with one attached hydrogen (secondary N) is 1. The minimum Gasteiger partial charge on any atom is -0.478 e. The van der Waals surface area contributed by atoms with E-state index in [9.17, 15) is 18.3 Å². The van der Waals surface area contributed by atoms with Gasteiger partial charge in [0.2, 0.25) is 0 Å². The van der Waals surface area contributed by atoms with E-state index in [1.165, 1.54) is 6.92 Å². The van der Waals surface area contributed by atoms with Crippen LogP contribution in [0.5, 0.6) is 0 Å². The largest absolute Gasteiger partial charge is 0.478 e. The predicted molar refractivity (Wildman–Crippen MR) is 89.8 cm³/mol. The maximum Gasteiger partial charge on any atom is 0.334 e. The summed E-state index contributed by atoms with van der Waals surface area (Å²) in [5.41, 5.74) is 1.31. The van der Waals surface area contributed by atoms with Gasteiger partial charge in [0.05, 0.1) is 22.1 Å². The molecule has 0 saturated heterocycles. The van der Waals surface area contributed by atoms with Gasteiger partial charge < -0.3 is 10.4 Å². The van der Waals surface area contributed by atoms with Crippen LogP contribution in [0.4, 0.5) is 0 Å². The van der Waals surface area contributed by atoms with Crippen molar-refractivity contribution in [3.63, 3.8) is 0 Å². The summed E-state index contributed by atoms with van der Waals surface area (Å²) in [6.45, 7) is 4.78. The van der Waals surface area contributed by atoms with Gasteiger partial charge >= 0.3 is 5.97 Å². The maximum atomic E-state index is 12.6. The summed E-state index contributed by atoms with van der Waals surface area (Å²) >= 11 is 6.23. The lowest BCUT2D eigenvalue weighted by Crippen LogP contribution is -2.31. The predicted octanol–water partition coefficient (Wildman–Crippen LogP) is 3.05. The van der Waals surface area contributed by atoms with Crippen LogP contribution in [-0.4, -0.2) is 25.2 Å². The molecule has 1 unspecified atom stereocenters. The van der Waals surface area contributed by atoms with E-state index in [1.54, 1.807) is 38.1 Å². The van der Waals surface area contributed by atoms with Gasteiger partial charge in [0.1, 0.15) is 0 Å². The zero-order valence-corrected chi connectivity index (χ0v) is 14.6. The van der Waals surface area contributed by atoms with Crippen molar-refractivity contribution in [1.82, 2.24) is 5.32 Å². The fourth-order valence-electron chi connectivity index (χ4n) is 2.83. The lowest BCUT2D eigenvalue weighted by molar-refractivity contribution is -0.133. The Hall–Kier alpha value is -1.79. The first-order valence-corrected chi connectivity index (χ1v) is 9.12. The highest BCUT2D eigenvalue weighted by Crippen LogP contribution is 2.43. The summed E-state index contributed by atoms with van der Waals surface area (Å²) < 4.78 is 25.2. The molecule has 1 aromatic rings. The average Bonchev–Trinajstić information content (AvgIpc) is 2.46. The third-order valence-corrected chi connectivity index (χ3v) is 6.18. The van der Waals surface area contributed by atoms with Crippen LogP contribution < -0.4 is 5.32 Å². The number of allylic oxidation sites excluding steroid dienone is 3. The normalized spacial score (nSPS) is 18.9. The Kier molecular flexibility index (Phi) is 4.87. The Bertz CT molecular complexity index is 824. The summed E-state index contributed by atoms with van der Waals surface area (Å²) in [7, 11) is -3.61. The van der Waals surface area contributed by atoms with E-state index in [1.807, 2.05) is 0 Å². The van der Waals surface area contributed by atoms with Crippen LogP contribution in [0.25, 0.3) is 0 Å². The average molecular weight is 356 g/mol. The molecule has 1 aliphatic heterocycles. The zero-order chi connectivity index (χ0) is 17.4. The minimum atomic E-state index is -3.61. The van der Waals surface area contributed by atoms with Crippen molar-refractivity contribution in [2.24, 2.45) is 0 Å². The second-order valence-electron chi connectivity index (χ2n) is 5.32. The van der Waals surface area contributed by atoms with Gasteiger partial charge in [-0.3, -0.25) is 0 Å². The van der Waals surface area contributed by atoms with Gasteiger partial charge in [0.15, 0.2) is 9.84 Å². The minimum absolute atomic E-state index is 0.00396. The van der Waals surface area contributed by atoms with E-state index < -0.39 is 21.7 Å². The number of carbonyl (C=O) groups is 1. The molecule has 1 aliphatic rings. The number of hydrogen-bond acceptors (Lipinski definition) is 4. The van der Waals surface area contributed by atoms with Crippen molar-refractivity contribution in [2.75, 3.05) is 5.75 Å². The highest BCUT2D eigenvalue weighted by atomic mass is 35.5. The van der Waals surface area contributed by atoms with Crippen molar-refractivity contribution in [1.29, 1.82) is 0 Å². The van der Waals surface area contributed by atoms with E-state index in [2.05, 4.69) is 5.32 Å². The van der Waals surface area contributed by atoms with E-state index in [4.69, 9.17) is 11.6 Å². The first kappa shape index (κ1) is 17.6. The first-order chi connectivity index (χ1) is 10.7. The van der Waals surface area contributed by atoms with Gasteiger partial charge in [-0.05, 0) is 25.5 Å². The molecule has 2 N–H and O–H groups in total. The topological polar surface area (TPSA) is 83.5 Å². The molecule has 0 radical (unpaired) electrons. The van der Waals surface area contributed by atoms with Crippen LogP contribution in [-0.2, 0) is 14.6 Å². The molecule has 2 rings (SSSR count). The van der Waals surface area contributed by atoms with E-state index >= 15 is 0 Å². The fourth-order valence-corrected chi connectivity index (χ4v) is 4.51. The third kappa shape index (κ3) is 3.14. The molecule has 23 heavy (non-hydrogen) atoms. The quantitative estimate of drug-likeness (QED) is 0.867. The second kappa shape index (κ2) is 6.37. The molecule has 0 fully saturated rings. The lowest BCUT2D eigenvalue weighted by Gasteiger charge is -2.30. The van der Waals surface area contributed by atoms with Gasteiger partial charge in [0.25, 0.3) is 0 Å². The van der Waals surface area contributed by atoms with E-state index in [0.717, 1.165) is 0 Å². The number of benzene rings is 1.